The van der Waals surface area contributed by atoms with Gasteiger partial charge in [0.2, 0.25) is 0 Å². The van der Waals surface area contributed by atoms with Crippen LogP contribution in [0.2, 0.25) is 0 Å². The molecule has 0 bridgehead atoms. The molecule has 0 saturated carbocycles. The number of hydrogen-bond acceptors (Lipinski definition) is 4. The number of rotatable bonds is 6. The Bertz CT molecular complexity index is 1340. The Kier molecular flexibility index (Phi) is 5.56. The predicted octanol–water partition coefficient (Wildman–Crippen LogP) is 5.04. The Morgan fingerprint density at radius 1 is 0.969 bits per heavy atom. The molecule has 0 aliphatic rings. The summed E-state index contributed by atoms with van der Waals surface area (Å²) in [5.41, 5.74) is 5.36. The van der Waals surface area contributed by atoms with E-state index in [1.54, 1.807) is 23.3 Å². The zero-order valence-corrected chi connectivity index (χ0v) is 18.5. The van der Waals surface area contributed by atoms with Crippen molar-refractivity contribution in [1.82, 2.24) is 24.8 Å². The fourth-order valence-corrected chi connectivity index (χ4v) is 4.69. The molecule has 32 heavy (non-hydrogen) atoms. The van der Waals surface area contributed by atoms with Gasteiger partial charge in [-0.1, -0.05) is 48.5 Å². The number of amides is 2. The summed E-state index contributed by atoms with van der Waals surface area (Å²) >= 11 is 1.62. The number of urea groups is 1. The van der Waals surface area contributed by atoms with Crippen LogP contribution in [0.25, 0.3) is 21.3 Å². The van der Waals surface area contributed by atoms with Gasteiger partial charge in [0, 0.05) is 20.1 Å². The van der Waals surface area contributed by atoms with Crippen LogP contribution in [0, 0.1) is 0 Å². The van der Waals surface area contributed by atoms with E-state index in [2.05, 4.69) is 56.3 Å². The van der Waals surface area contributed by atoms with Crippen molar-refractivity contribution < 1.29 is 4.79 Å². The molecule has 1 N–H and O–H groups in total. The van der Waals surface area contributed by atoms with E-state index in [9.17, 15) is 4.79 Å². The molecular weight excluding hydrogens is 418 g/mol. The molecule has 2 heterocycles. The highest BCUT2D eigenvalue weighted by Crippen LogP contribution is 2.22. The van der Waals surface area contributed by atoms with Crippen molar-refractivity contribution in [3.63, 3.8) is 0 Å². The highest BCUT2D eigenvalue weighted by Gasteiger charge is 2.12. The van der Waals surface area contributed by atoms with Gasteiger partial charge in [-0.15, -0.1) is 11.3 Å². The molecule has 6 nitrogen and oxygen atoms in total. The van der Waals surface area contributed by atoms with Gasteiger partial charge in [-0.2, -0.15) is 0 Å². The van der Waals surface area contributed by atoms with E-state index in [1.807, 2.05) is 42.7 Å². The second kappa shape index (κ2) is 8.80. The SMILES string of the molecule is CN(Cc1nc2ccccc2s1)C(=O)NCc1ccc(Cn2cnc3ccccc32)cc1. The summed E-state index contributed by atoms with van der Waals surface area (Å²) in [7, 11) is 1.79. The van der Waals surface area contributed by atoms with Gasteiger partial charge < -0.3 is 14.8 Å². The largest absolute Gasteiger partial charge is 0.334 e. The molecule has 0 saturated heterocycles. The maximum absolute atomic E-state index is 12.5. The van der Waals surface area contributed by atoms with Crippen LogP contribution in [0.3, 0.4) is 0 Å². The minimum Gasteiger partial charge on any atom is -0.334 e. The number of para-hydroxylation sites is 3. The Hall–Kier alpha value is -3.71. The van der Waals surface area contributed by atoms with E-state index in [4.69, 9.17) is 0 Å². The predicted molar refractivity (Wildman–Crippen MR) is 129 cm³/mol. The van der Waals surface area contributed by atoms with Crippen molar-refractivity contribution in [3.8, 4) is 0 Å². The van der Waals surface area contributed by atoms with Crippen molar-refractivity contribution in [2.24, 2.45) is 0 Å². The second-order valence-corrected chi connectivity index (χ2v) is 8.88. The van der Waals surface area contributed by atoms with Gasteiger partial charge in [-0.25, -0.2) is 14.8 Å². The molecule has 7 heteroatoms. The van der Waals surface area contributed by atoms with Crippen LogP contribution in [-0.4, -0.2) is 32.5 Å². The number of thiazole rings is 1. The Balaban J connectivity index is 1.16. The van der Waals surface area contributed by atoms with Crippen molar-refractivity contribution in [1.29, 1.82) is 0 Å². The summed E-state index contributed by atoms with van der Waals surface area (Å²) in [5, 5.41) is 3.92. The van der Waals surface area contributed by atoms with E-state index in [1.165, 1.54) is 5.56 Å². The Labute approximate surface area is 190 Å². The fraction of sp³-hybridized carbons (Fsp3) is 0.160. The third-order valence-corrected chi connectivity index (χ3v) is 6.43. The van der Waals surface area contributed by atoms with Crippen molar-refractivity contribution in [3.05, 3.63) is 95.3 Å². The minimum atomic E-state index is -0.113. The molecule has 2 aromatic heterocycles. The summed E-state index contributed by atoms with van der Waals surface area (Å²) in [6.45, 7) is 1.73. The molecular formula is C25H23N5OS. The fourth-order valence-electron chi connectivity index (χ4n) is 3.67. The van der Waals surface area contributed by atoms with E-state index in [-0.39, 0.29) is 6.03 Å². The third kappa shape index (κ3) is 4.33. The van der Waals surface area contributed by atoms with E-state index >= 15 is 0 Å². The quantitative estimate of drug-likeness (QED) is 0.402. The Morgan fingerprint density at radius 2 is 1.69 bits per heavy atom. The van der Waals surface area contributed by atoms with Crippen molar-refractivity contribution in [2.75, 3.05) is 7.05 Å². The number of carbonyl (C=O) groups is 1. The summed E-state index contributed by atoms with van der Waals surface area (Å²) < 4.78 is 3.28. The van der Waals surface area contributed by atoms with Gasteiger partial charge in [0.1, 0.15) is 5.01 Å². The molecule has 0 unspecified atom stereocenters. The normalized spacial score (nSPS) is 11.2. The van der Waals surface area contributed by atoms with Gasteiger partial charge in [-0.05, 0) is 35.4 Å². The van der Waals surface area contributed by atoms with E-state index in [0.717, 1.165) is 38.4 Å². The number of fused-ring (bicyclic) bond motifs is 2. The Morgan fingerprint density at radius 3 is 2.50 bits per heavy atom. The first-order valence-electron chi connectivity index (χ1n) is 10.5. The molecule has 5 rings (SSSR count). The van der Waals surface area contributed by atoms with E-state index in [0.29, 0.717) is 13.1 Å². The van der Waals surface area contributed by atoms with Crippen LogP contribution >= 0.6 is 11.3 Å². The lowest BCUT2D eigenvalue weighted by Crippen LogP contribution is -2.36. The van der Waals surface area contributed by atoms with Gasteiger partial charge in [0.05, 0.1) is 34.1 Å². The summed E-state index contributed by atoms with van der Waals surface area (Å²) in [4.78, 5) is 23.2. The molecule has 3 aromatic carbocycles. The molecule has 0 atom stereocenters. The first-order valence-corrected chi connectivity index (χ1v) is 11.3. The zero-order chi connectivity index (χ0) is 21.9. The van der Waals surface area contributed by atoms with Gasteiger partial charge in [-0.3, -0.25) is 0 Å². The van der Waals surface area contributed by atoms with Gasteiger partial charge in [0.25, 0.3) is 0 Å². The molecule has 160 valence electrons. The number of nitrogens with zero attached hydrogens (tertiary/aromatic N) is 4. The third-order valence-electron chi connectivity index (χ3n) is 5.40. The van der Waals surface area contributed by atoms with Gasteiger partial charge >= 0.3 is 6.03 Å². The van der Waals surface area contributed by atoms with Gasteiger partial charge in [0.15, 0.2) is 0 Å². The van der Waals surface area contributed by atoms with Crippen LogP contribution in [0.1, 0.15) is 16.1 Å². The standard InChI is InChI=1S/C25H23N5OS/c1-29(16-24-28-21-7-3-5-9-23(21)32-24)25(31)26-14-18-10-12-19(13-11-18)15-30-17-27-20-6-2-4-8-22(20)30/h2-13,17H,14-16H2,1H3,(H,26,31). The minimum absolute atomic E-state index is 0.113. The first-order chi connectivity index (χ1) is 15.7. The molecule has 0 radical (unpaired) electrons. The molecule has 0 aliphatic carbocycles. The maximum atomic E-state index is 12.5. The highest BCUT2D eigenvalue weighted by molar-refractivity contribution is 7.18. The summed E-state index contributed by atoms with van der Waals surface area (Å²) in [6, 6.07) is 24.4. The molecule has 2 amide bonds. The number of benzene rings is 3. The lowest BCUT2D eigenvalue weighted by molar-refractivity contribution is 0.206. The number of aromatic nitrogens is 3. The van der Waals surface area contributed by atoms with Crippen LogP contribution in [0.5, 0.6) is 0 Å². The van der Waals surface area contributed by atoms with Crippen LogP contribution in [0.15, 0.2) is 79.1 Å². The lowest BCUT2D eigenvalue weighted by Gasteiger charge is -2.16. The zero-order valence-electron chi connectivity index (χ0n) is 17.7. The highest BCUT2D eigenvalue weighted by atomic mass is 32.1. The van der Waals surface area contributed by atoms with Crippen LogP contribution in [0.4, 0.5) is 4.79 Å². The average Bonchev–Trinajstić information content (AvgIpc) is 3.42. The smallest absolute Gasteiger partial charge is 0.317 e. The monoisotopic (exact) mass is 441 g/mol. The number of hydrogen-bond donors (Lipinski definition) is 1. The first kappa shape index (κ1) is 20.2. The number of imidazole rings is 1. The molecule has 0 spiro atoms. The molecule has 5 aromatic rings. The van der Waals surface area contributed by atoms with Crippen LogP contribution < -0.4 is 5.32 Å². The van der Waals surface area contributed by atoms with Crippen LogP contribution in [-0.2, 0) is 19.6 Å². The summed E-state index contributed by atoms with van der Waals surface area (Å²) in [6.07, 6.45) is 1.88. The molecule has 0 fully saturated rings. The lowest BCUT2D eigenvalue weighted by atomic mass is 10.1. The average molecular weight is 442 g/mol. The van der Waals surface area contributed by atoms with Crippen molar-refractivity contribution >= 4 is 38.6 Å². The molecule has 0 aliphatic heterocycles. The topological polar surface area (TPSA) is 63.1 Å². The van der Waals surface area contributed by atoms with E-state index < -0.39 is 0 Å². The maximum Gasteiger partial charge on any atom is 0.317 e. The number of carbonyl (C=O) groups excluding carboxylic acids is 1. The second-order valence-electron chi connectivity index (χ2n) is 7.77. The van der Waals surface area contributed by atoms with Crippen molar-refractivity contribution in [2.45, 2.75) is 19.6 Å². The number of nitrogens with one attached hydrogen (secondary N) is 1. The summed E-state index contributed by atoms with van der Waals surface area (Å²) in [5.74, 6) is 0.